The molecule has 5 nitrogen and oxygen atoms in total. The summed E-state index contributed by atoms with van der Waals surface area (Å²) in [4.78, 5) is 0. The number of hydrogen-bond acceptors (Lipinski definition) is 4. The van der Waals surface area contributed by atoms with E-state index in [1.807, 2.05) is 31.3 Å². The van der Waals surface area contributed by atoms with Gasteiger partial charge < -0.3 is 4.74 Å². The maximum absolute atomic E-state index is 6.27. The van der Waals surface area contributed by atoms with Gasteiger partial charge in [0.1, 0.15) is 5.75 Å². The van der Waals surface area contributed by atoms with Crippen LogP contribution in [0.5, 0.6) is 5.75 Å². The van der Waals surface area contributed by atoms with Crippen molar-refractivity contribution in [2.24, 2.45) is 7.05 Å². The van der Waals surface area contributed by atoms with Gasteiger partial charge in [-0.2, -0.15) is 0 Å². The lowest BCUT2D eigenvalue weighted by Gasteiger charge is -2.36. The van der Waals surface area contributed by atoms with E-state index in [-0.39, 0.29) is 5.41 Å². The van der Waals surface area contributed by atoms with Crippen LogP contribution in [0.4, 0.5) is 0 Å². The highest BCUT2D eigenvalue weighted by Gasteiger charge is 2.36. The van der Waals surface area contributed by atoms with E-state index in [2.05, 4.69) is 107 Å². The van der Waals surface area contributed by atoms with Crippen LogP contribution in [0.15, 0.2) is 115 Å². The van der Waals surface area contributed by atoms with E-state index in [0.29, 0.717) is 6.61 Å². The summed E-state index contributed by atoms with van der Waals surface area (Å²) in [6.07, 6.45) is 0.792. The van der Waals surface area contributed by atoms with Gasteiger partial charge in [-0.1, -0.05) is 91.0 Å². The minimum atomic E-state index is -0.325. The maximum atomic E-state index is 6.27. The average molecular weight is 447 g/mol. The molecule has 0 fully saturated rings. The van der Waals surface area contributed by atoms with Gasteiger partial charge in [0.05, 0.1) is 6.61 Å². The molecule has 0 saturated heterocycles. The molecular weight excluding hydrogens is 420 g/mol. The number of nitrogens with zero attached hydrogens (tertiary/aromatic N) is 4. The van der Waals surface area contributed by atoms with Crippen LogP contribution in [0.2, 0.25) is 0 Å². The molecule has 0 unspecified atom stereocenters. The fraction of sp³-hybridized carbons (Fsp3) is 0.138. The lowest BCUT2D eigenvalue weighted by atomic mass is 9.67. The van der Waals surface area contributed by atoms with Gasteiger partial charge in [0.15, 0.2) is 5.82 Å². The van der Waals surface area contributed by atoms with Crippen LogP contribution in [-0.4, -0.2) is 26.8 Å². The highest BCUT2D eigenvalue weighted by molar-refractivity contribution is 5.55. The smallest absolute Gasteiger partial charge is 0.181 e. The molecule has 0 aliphatic rings. The van der Waals surface area contributed by atoms with Crippen LogP contribution in [0.25, 0.3) is 11.4 Å². The summed E-state index contributed by atoms with van der Waals surface area (Å²) in [6.45, 7) is 0.559. The van der Waals surface area contributed by atoms with Crippen LogP contribution in [0.3, 0.4) is 0 Å². The van der Waals surface area contributed by atoms with Crippen molar-refractivity contribution in [3.8, 4) is 17.1 Å². The molecule has 0 spiro atoms. The third-order valence-electron chi connectivity index (χ3n) is 6.28. The number of aryl methyl sites for hydroxylation is 1. The number of hydrogen-bond donors (Lipinski definition) is 0. The first-order valence-corrected chi connectivity index (χ1v) is 11.4. The molecule has 5 heteroatoms. The summed E-state index contributed by atoms with van der Waals surface area (Å²) in [6, 6.07) is 40.0. The van der Waals surface area contributed by atoms with Crippen molar-refractivity contribution in [1.82, 2.24) is 20.2 Å². The monoisotopic (exact) mass is 446 g/mol. The first-order valence-electron chi connectivity index (χ1n) is 11.4. The Morgan fingerprint density at radius 1 is 0.676 bits per heavy atom. The molecule has 0 aliphatic heterocycles. The van der Waals surface area contributed by atoms with E-state index in [9.17, 15) is 0 Å². The third-order valence-corrected chi connectivity index (χ3v) is 6.28. The van der Waals surface area contributed by atoms with Crippen molar-refractivity contribution in [3.63, 3.8) is 0 Å². The lowest BCUT2D eigenvalue weighted by molar-refractivity contribution is 0.286. The van der Waals surface area contributed by atoms with E-state index in [4.69, 9.17) is 4.74 Å². The molecule has 5 aromatic rings. The van der Waals surface area contributed by atoms with Crippen LogP contribution < -0.4 is 4.74 Å². The number of benzene rings is 4. The van der Waals surface area contributed by atoms with Gasteiger partial charge in [0.25, 0.3) is 0 Å². The standard InChI is InChI=1S/C29H26N4O/c1-33-28(30-31-32-33)23-17-19-27(20-18-23)34-22-21-29(24-11-5-2-6-12-24,25-13-7-3-8-14-25)26-15-9-4-10-16-26/h2-20H,21-22H2,1H3. The molecule has 1 heterocycles. The van der Waals surface area contributed by atoms with Gasteiger partial charge in [0, 0.05) is 18.0 Å². The predicted molar refractivity (Wildman–Crippen MR) is 134 cm³/mol. The number of ether oxygens (including phenoxy) is 1. The zero-order valence-electron chi connectivity index (χ0n) is 19.1. The van der Waals surface area contributed by atoms with Gasteiger partial charge in [-0.25, -0.2) is 4.68 Å². The second-order valence-electron chi connectivity index (χ2n) is 8.25. The van der Waals surface area contributed by atoms with Crippen LogP contribution >= 0.6 is 0 Å². The van der Waals surface area contributed by atoms with Crippen LogP contribution in [0.1, 0.15) is 23.1 Å². The van der Waals surface area contributed by atoms with Gasteiger partial charge in [-0.15, -0.1) is 5.10 Å². The first kappa shape index (κ1) is 21.6. The van der Waals surface area contributed by atoms with Gasteiger partial charge in [-0.3, -0.25) is 0 Å². The van der Waals surface area contributed by atoms with Gasteiger partial charge >= 0.3 is 0 Å². The molecule has 0 amide bonds. The van der Waals surface area contributed by atoms with E-state index >= 15 is 0 Å². The molecule has 0 bridgehead atoms. The Morgan fingerprint density at radius 3 is 1.62 bits per heavy atom. The van der Waals surface area contributed by atoms with Crippen molar-refractivity contribution >= 4 is 0 Å². The molecular formula is C29H26N4O. The van der Waals surface area contributed by atoms with Crippen LogP contribution in [-0.2, 0) is 12.5 Å². The summed E-state index contributed by atoms with van der Waals surface area (Å²) in [5.74, 6) is 1.55. The molecule has 0 radical (unpaired) electrons. The molecule has 1 aromatic heterocycles. The molecule has 0 atom stereocenters. The zero-order chi connectivity index (χ0) is 23.2. The predicted octanol–water partition coefficient (Wildman–Crippen LogP) is 5.68. The number of aromatic nitrogens is 4. The molecule has 34 heavy (non-hydrogen) atoms. The minimum Gasteiger partial charge on any atom is -0.494 e. The summed E-state index contributed by atoms with van der Waals surface area (Å²) in [7, 11) is 1.83. The Morgan fingerprint density at radius 2 is 1.18 bits per heavy atom. The number of tetrazole rings is 1. The number of rotatable bonds is 8. The molecule has 0 saturated carbocycles. The quantitative estimate of drug-likeness (QED) is 0.288. The Hall–Kier alpha value is -4.25. The summed E-state index contributed by atoms with van der Waals surface area (Å²) >= 11 is 0. The molecule has 0 N–H and O–H groups in total. The second kappa shape index (κ2) is 9.71. The fourth-order valence-corrected chi connectivity index (χ4v) is 4.60. The van der Waals surface area contributed by atoms with Crippen LogP contribution in [0, 0.1) is 0 Å². The largest absolute Gasteiger partial charge is 0.494 e. The Balaban J connectivity index is 1.45. The van der Waals surface area contributed by atoms with Crippen molar-refractivity contribution in [1.29, 1.82) is 0 Å². The average Bonchev–Trinajstić information content (AvgIpc) is 3.34. The SMILES string of the molecule is Cn1nnnc1-c1ccc(OCCC(c2ccccc2)(c2ccccc2)c2ccccc2)cc1. The summed E-state index contributed by atoms with van der Waals surface area (Å²) in [5, 5.41) is 11.7. The maximum Gasteiger partial charge on any atom is 0.181 e. The molecule has 0 aliphatic carbocycles. The summed E-state index contributed by atoms with van der Waals surface area (Å²) in [5.41, 5.74) is 4.38. The summed E-state index contributed by atoms with van der Waals surface area (Å²) < 4.78 is 7.93. The van der Waals surface area contributed by atoms with E-state index in [0.717, 1.165) is 23.6 Å². The highest BCUT2D eigenvalue weighted by Crippen LogP contribution is 2.42. The Kier molecular flexibility index (Phi) is 6.17. The van der Waals surface area contributed by atoms with Gasteiger partial charge in [-0.05, 0) is 57.8 Å². The normalized spacial score (nSPS) is 11.3. The Bertz CT molecular complexity index is 1220. The van der Waals surface area contributed by atoms with E-state index in [1.54, 1.807) is 4.68 Å². The van der Waals surface area contributed by atoms with E-state index in [1.165, 1.54) is 16.7 Å². The van der Waals surface area contributed by atoms with Gasteiger partial charge in [0.2, 0.25) is 0 Å². The first-order chi connectivity index (χ1) is 16.8. The molecule has 5 rings (SSSR count). The lowest BCUT2D eigenvalue weighted by Crippen LogP contribution is -2.31. The van der Waals surface area contributed by atoms with Crippen molar-refractivity contribution in [2.75, 3.05) is 6.61 Å². The van der Waals surface area contributed by atoms with Crippen molar-refractivity contribution in [3.05, 3.63) is 132 Å². The highest BCUT2D eigenvalue weighted by atomic mass is 16.5. The second-order valence-corrected chi connectivity index (χ2v) is 8.25. The third kappa shape index (κ3) is 4.20. The minimum absolute atomic E-state index is 0.325. The Labute approximate surface area is 199 Å². The van der Waals surface area contributed by atoms with Crippen molar-refractivity contribution < 1.29 is 4.74 Å². The zero-order valence-corrected chi connectivity index (χ0v) is 19.1. The topological polar surface area (TPSA) is 52.8 Å². The molecule has 168 valence electrons. The van der Waals surface area contributed by atoms with Crippen molar-refractivity contribution in [2.45, 2.75) is 11.8 Å². The molecule has 4 aromatic carbocycles. The van der Waals surface area contributed by atoms with E-state index < -0.39 is 0 Å². The fourth-order valence-electron chi connectivity index (χ4n) is 4.60.